The predicted octanol–water partition coefficient (Wildman–Crippen LogP) is -0.573. The summed E-state index contributed by atoms with van der Waals surface area (Å²) in [7, 11) is 2.91. The lowest BCUT2D eigenvalue weighted by Gasteiger charge is -2.56. The number of carbonyl (C=O) groups excluding carboxylic acids is 5. The van der Waals surface area contributed by atoms with Crippen molar-refractivity contribution in [3.63, 3.8) is 0 Å². The summed E-state index contributed by atoms with van der Waals surface area (Å²) in [6.07, 6.45) is -1.70. The van der Waals surface area contributed by atoms with Crippen LogP contribution in [0, 0.1) is 23.7 Å². The third-order valence-electron chi connectivity index (χ3n) is 8.16. The maximum absolute atomic E-state index is 14.1. The van der Waals surface area contributed by atoms with E-state index in [1.165, 1.54) is 25.1 Å². The molecule has 3 aliphatic carbocycles. The van der Waals surface area contributed by atoms with E-state index in [1.807, 2.05) is 0 Å². The summed E-state index contributed by atoms with van der Waals surface area (Å²) in [5.74, 6) is -13.6. The molecule has 0 aliphatic heterocycles. The standard InChI is InChI=1S/C27H26N2O8/c1-29(2)20-19-22(32)16-14(11-7-4-3-5-8-11)12-9-6-10-13(30)15(12)21(31)17(16)24(34)27(19,37)25(35)18(23(20)33)26(28)36/h3-10,14,16-20,22,30,32,37H,1-2H3,(H2,28,36)/t14-,16-,17?,18?,19-,20+,22+,27+/m1/s1. The number of rotatable bonds is 3. The van der Waals surface area contributed by atoms with Gasteiger partial charge in [-0.05, 0) is 31.3 Å². The van der Waals surface area contributed by atoms with Gasteiger partial charge in [0.1, 0.15) is 5.75 Å². The monoisotopic (exact) mass is 506 g/mol. The Hall–Kier alpha value is -3.73. The molecule has 3 aliphatic rings. The van der Waals surface area contributed by atoms with Gasteiger partial charge in [-0.3, -0.25) is 28.9 Å². The van der Waals surface area contributed by atoms with Crippen LogP contribution in [0.15, 0.2) is 48.5 Å². The molecule has 5 rings (SSSR count). The number of benzene rings is 2. The van der Waals surface area contributed by atoms with Gasteiger partial charge in [-0.25, -0.2) is 0 Å². The summed E-state index contributed by atoms with van der Waals surface area (Å²) in [6.45, 7) is 0. The normalized spacial score (nSPS) is 35.1. The van der Waals surface area contributed by atoms with Crippen molar-refractivity contribution in [1.29, 1.82) is 0 Å². The van der Waals surface area contributed by atoms with Gasteiger partial charge < -0.3 is 21.1 Å². The van der Waals surface area contributed by atoms with Crippen molar-refractivity contribution in [2.45, 2.75) is 23.7 Å². The van der Waals surface area contributed by atoms with Crippen molar-refractivity contribution in [2.24, 2.45) is 29.4 Å². The van der Waals surface area contributed by atoms with Crippen LogP contribution in [0.25, 0.3) is 0 Å². The minimum atomic E-state index is -3.03. The van der Waals surface area contributed by atoms with Crippen molar-refractivity contribution in [3.8, 4) is 5.75 Å². The number of aromatic hydroxyl groups is 1. The lowest BCUT2D eigenvalue weighted by molar-refractivity contribution is -0.196. The Bertz CT molecular complexity index is 1360. The summed E-state index contributed by atoms with van der Waals surface area (Å²) >= 11 is 0. The Morgan fingerprint density at radius 3 is 2.19 bits per heavy atom. The first-order valence-electron chi connectivity index (χ1n) is 11.8. The number of nitrogens with zero attached hydrogens (tertiary/aromatic N) is 1. The number of fused-ring (bicyclic) bond motifs is 3. The average molecular weight is 507 g/mol. The van der Waals surface area contributed by atoms with Gasteiger partial charge >= 0.3 is 0 Å². The third kappa shape index (κ3) is 3.19. The van der Waals surface area contributed by atoms with Crippen LogP contribution in [-0.4, -0.2) is 81.1 Å². The Labute approximate surface area is 211 Å². The number of amides is 1. The predicted molar refractivity (Wildman–Crippen MR) is 127 cm³/mol. The number of carbonyl (C=O) groups is 5. The molecular formula is C27H26N2O8. The van der Waals surface area contributed by atoms with E-state index in [9.17, 15) is 39.3 Å². The zero-order valence-corrected chi connectivity index (χ0v) is 20.1. The molecule has 10 nitrogen and oxygen atoms in total. The van der Waals surface area contributed by atoms with Crippen molar-refractivity contribution >= 4 is 29.0 Å². The van der Waals surface area contributed by atoms with Crippen LogP contribution in [0.1, 0.15) is 27.4 Å². The highest BCUT2D eigenvalue weighted by Crippen LogP contribution is 2.56. The molecule has 2 aromatic carbocycles. The van der Waals surface area contributed by atoms with Crippen LogP contribution in [0.3, 0.4) is 0 Å². The fraction of sp³-hybridized carbons (Fsp3) is 0.370. The Kier molecular flexibility index (Phi) is 5.67. The molecule has 0 aromatic heterocycles. The second-order valence-corrected chi connectivity index (χ2v) is 10.2. The molecule has 1 amide bonds. The number of phenols is 1. The SMILES string of the molecule is CN(C)[C@@H]1C(=O)C(C(N)=O)C(=O)[C@@]2(O)C(=O)C3C(=O)c4c(O)cccc4[C@@H](c4ccccc4)[C@H]3[C@H](O)[C@@H]12. The molecule has 0 bridgehead atoms. The number of hydrogen-bond donors (Lipinski definition) is 4. The average Bonchev–Trinajstić information content (AvgIpc) is 2.84. The van der Waals surface area contributed by atoms with E-state index in [2.05, 4.69) is 0 Å². The molecule has 37 heavy (non-hydrogen) atoms. The van der Waals surface area contributed by atoms with Crippen LogP contribution >= 0.6 is 0 Å². The number of likely N-dealkylation sites (N-methyl/N-ethyl adjacent to an activating group) is 1. The first-order chi connectivity index (χ1) is 17.4. The van der Waals surface area contributed by atoms with Gasteiger partial charge in [-0.2, -0.15) is 0 Å². The summed E-state index contributed by atoms with van der Waals surface area (Å²) in [4.78, 5) is 67.9. The van der Waals surface area contributed by atoms with Gasteiger partial charge in [0.2, 0.25) is 5.91 Å². The number of nitrogens with two attached hydrogens (primary N) is 1. The van der Waals surface area contributed by atoms with E-state index in [0.717, 1.165) is 0 Å². The number of phenolic OH excluding ortho intramolecular Hbond substituents is 1. The van der Waals surface area contributed by atoms with Gasteiger partial charge in [0.05, 0.1) is 29.5 Å². The molecule has 2 unspecified atom stereocenters. The first-order valence-corrected chi connectivity index (χ1v) is 11.8. The number of aliphatic hydroxyl groups excluding tert-OH is 1. The molecule has 2 aromatic rings. The van der Waals surface area contributed by atoms with Gasteiger partial charge in [-0.1, -0.05) is 42.5 Å². The lowest BCUT2D eigenvalue weighted by Crippen LogP contribution is -2.77. The molecule has 5 N–H and O–H groups in total. The maximum atomic E-state index is 14.1. The van der Waals surface area contributed by atoms with Gasteiger partial charge in [0.15, 0.2) is 34.7 Å². The lowest BCUT2D eigenvalue weighted by atomic mass is 9.48. The summed E-state index contributed by atoms with van der Waals surface area (Å²) in [5.41, 5.74) is 3.16. The Morgan fingerprint density at radius 2 is 1.59 bits per heavy atom. The number of ketones is 4. The molecule has 2 fully saturated rings. The molecule has 8 atom stereocenters. The highest BCUT2D eigenvalue weighted by atomic mass is 16.3. The van der Waals surface area contributed by atoms with E-state index in [1.54, 1.807) is 42.5 Å². The summed E-state index contributed by atoms with van der Waals surface area (Å²) in [6, 6.07) is 11.8. The molecule has 10 heteroatoms. The molecule has 2 saturated carbocycles. The van der Waals surface area contributed by atoms with Crippen LogP contribution in [0.2, 0.25) is 0 Å². The largest absolute Gasteiger partial charge is 0.507 e. The second kappa shape index (κ2) is 8.41. The van der Waals surface area contributed by atoms with E-state index in [0.29, 0.717) is 11.1 Å². The second-order valence-electron chi connectivity index (χ2n) is 10.2. The van der Waals surface area contributed by atoms with E-state index in [4.69, 9.17) is 5.73 Å². The molecule has 0 saturated heterocycles. The fourth-order valence-electron chi connectivity index (χ4n) is 6.70. The number of Topliss-reactive ketones (excluding diaryl/α,β-unsaturated/α-hetero) is 4. The van der Waals surface area contributed by atoms with E-state index < -0.39 is 76.4 Å². The van der Waals surface area contributed by atoms with Crippen LogP contribution < -0.4 is 5.73 Å². The Morgan fingerprint density at radius 1 is 0.946 bits per heavy atom. The highest BCUT2D eigenvalue weighted by Gasteiger charge is 2.73. The number of aliphatic hydroxyl groups is 2. The molecular weight excluding hydrogens is 480 g/mol. The zero-order chi connectivity index (χ0) is 27.0. The minimum Gasteiger partial charge on any atom is -0.507 e. The quantitative estimate of drug-likeness (QED) is 0.397. The van der Waals surface area contributed by atoms with E-state index in [-0.39, 0.29) is 11.3 Å². The zero-order valence-electron chi connectivity index (χ0n) is 20.1. The number of primary amides is 1. The first kappa shape index (κ1) is 24.9. The maximum Gasteiger partial charge on any atom is 0.235 e. The highest BCUT2D eigenvalue weighted by molar-refractivity contribution is 6.32. The van der Waals surface area contributed by atoms with Gasteiger partial charge in [0.25, 0.3) is 0 Å². The topological polar surface area (TPSA) is 175 Å². The molecule has 192 valence electrons. The summed E-state index contributed by atoms with van der Waals surface area (Å²) in [5, 5.41) is 34.2. The fourth-order valence-corrected chi connectivity index (χ4v) is 6.70. The minimum absolute atomic E-state index is 0.143. The molecule has 0 spiro atoms. The van der Waals surface area contributed by atoms with Crippen LogP contribution in [-0.2, 0) is 19.2 Å². The van der Waals surface area contributed by atoms with Crippen molar-refractivity contribution in [2.75, 3.05) is 14.1 Å². The number of hydrogen-bond acceptors (Lipinski definition) is 9. The van der Waals surface area contributed by atoms with Gasteiger partial charge in [-0.15, -0.1) is 0 Å². The molecule has 0 radical (unpaired) electrons. The van der Waals surface area contributed by atoms with E-state index >= 15 is 0 Å². The summed E-state index contributed by atoms with van der Waals surface area (Å²) < 4.78 is 0. The van der Waals surface area contributed by atoms with Crippen LogP contribution in [0.5, 0.6) is 5.75 Å². The van der Waals surface area contributed by atoms with Crippen LogP contribution in [0.4, 0.5) is 0 Å². The Balaban J connectivity index is 1.80. The van der Waals surface area contributed by atoms with Crippen molar-refractivity contribution < 1.29 is 39.3 Å². The third-order valence-corrected chi connectivity index (χ3v) is 8.16. The van der Waals surface area contributed by atoms with Crippen molar-refractivity contribution in [3.05, 3.63) is 65.2 Å². The smallest absolute Gasteiger partial charge is 0.235 e. The molecule has 0 heterocycles. The van der Waals surface area contributed by atoms with Crippen molar-refractivity contribution in [1.82, 2.24) is 4.90 Å². The van der Waals surface area contributed by atoms with Gasteiger partial charge in [0, 0.05) is 11.8 Å².